The molecule has 0 aromatic heterocycles. The van der Waals surface area contributed by atoms with Crippen molar-refractivity contribution in [1.29, 1.82) is 0 Å². The molecule has 212 valence electrons. The molecule has 0 heterocycles. The van der Waals surface area contributed by atoms with Crippen molar-refractivity contribution < 1.29 is 20.4 Å². The lowest BCUT2D eigenvalue weighted by atomic mass is 9.98. The second kappa shape index (κ2) is 14.0. The maximum absolute atomic E-state index is 11.1. The van der Waals surface area contributed by atoms with Crippen molar-refractivity contribution in [1.82, 2.24) is 0 Å². The van der Waals surface area contributed by atoms with Gasteiger partial charge in [-0.05, 0) is 169 Å². The summed E-state index contributed by atoms with van der Waals surface area (Å²) >= 11 is 7.95. The third-order valence-corrected chi connectivity index (χ3v) is 10.0. The standard InChI is InChI=1S/C33H29I3O4S/c1-4-6-21-14-25(16-23(31(21)38)9-19-8-18(3)30(37)27(34)11-19)41-26-15-22(7-5-2)32(39)24(17-26)10-20-12-28(35)33(40)29(36)13-20/h4-5,8,11-17,37-40H,1-2,6-7,9-10H2,3H3. The van der Waals surface area contributed by atoms with E-state index in [1.807, 2.05) is 55.5 Å². The van der Waals surface area contributed by atoms with Gasteiger partial charge in [0.1, 0.15) is 23.0 Å². The molecule has 4 aromatic carbocycles. The number of rotatable bonds is 10. The lowest BCUT2D eigenvalue weighted by Crippen LogP contribution is -1.97. The van der Waals surface area contributed by atoms with Gasteiger partial charge in [-0.25, -0.2) is 0 Å². The van der Waals surface area contributed by atoms with Crippen LogP contribution in [0.4, 0.5) is 0 Å². The molecule has 0 radical (unpaired) electrons. The van der Waals surface area contributed by atoms with Crippen LogP contribution in [0, 0.1) is 17.6 Å². The number of allylic oxidation sites excluding steroid dienone is 2. The summed E-state index contributed by atoms with van der Waals surface area (Å²) in [6.07, 6.45) is 5.64. The number of hydrogen-bond donors (Lipinski definition) is 4. The minimum absolute atomic E-state index is 0.253. The highest BCUT2D eigenvalue weighted by Gasteiger charge is 2.16. The Labute approximate surface area is 286 Å². The topological polar surface area (TPSA) is 80.9 Å². The number of phenols is 4. The van der Waals surface area contributed by atoms with E-state index in [1.54, 1.807) is 23.9 Å². The minimum Gasteiger partial charge on any atom is -0.507 e. The fourth-order valence-electron chi connectivity index (χ4n) is 4.67. The molecule has 4 nitrogen and oxygen atoms in total. The summed E-state index contributed by atoms with van der Waals surface area (Å²) in [4.78, 5) is 1.93. The molecule has 4 rings (SSSR count). The van der Waals surface area contributed by atoms with Crippen molar-refractivity contribution in [3.8, 4) is 23.0 Å². The number of halogens is 3. The monoisotopic (exact) mass is 902 g/mol. The highest BCUT2D eigenvalue weighted by molar-refractivity contribution is 14.1. The largest absolute Gasteiger partial charge is 0.507 e. The lowest BCUT2D eigenvalue weighted by molar-refractivity contribution is 0.462. The van der Waals surface area contributed by atoms with Crippen LogP contribution in [0.3, 0.4) is 0 Å². The molecule has 0 saturated carbocycles. The zero-order valence-electron chi connectivity index (χ0n) is 22.3. The Bertz CT molecular complexity index is 1480. The van der Waals surface area contributed by atoms with Crippen LogP contribution < -0.4 is 0 Å². The van der Waals surface area contributed by atoms with Crippen LogP contribution in [0.2, 0.25) is 0 Å². The highest BCUT2D eigenvalue weighted by Crippen LogP contribution is 2.39. The second-order valence-corrected chi connectivity index (χ2v) is 14.4. The van der Waals surface area contributed by atoms with Crippen molar-refractivity contribution in [3.63, 3.8) is 0 Å². The minimum atomic E-state index is 0.253. The number of aryl methyl sites for hydroxylation is 1. The maximum atomic E-state index is 11.1. The lowest BCUT2D eigenvalue weighted by Gasteiger charge is -2.16. The fraction of sp³-hybridized carbons (Fsp3) is 0.152. The van der Waals surface area contributed by atoms with Crippen LogP contribution in [0.1, 0.15) is 38.9 Å². The van der Waals surface area contributed by atoms with Gasteiger partial charge >= 0.3 is 0 Å². The van der Waals surface area contributed by atoms with Gasteiger partial charge in [0.2, 0.25) is 0 Å². The van der Waals surface area contributed by atoms with E-state index in [4.69, 9.17) is 0 Å². The fourth-order valence-corrected chi connectivity index (χ4v) is 8.47. The number of hydrogen-bond acceptors (Lipinski definition) is 5. The molecule has 4 aromatic rings. The molecule has 0 bridgehead atoms. The van der Waals surface area contributed by atoms with Crippen LogP contribution in [0.15, 0.2) is 83.6 Å². The number of benzene rings is 4. The van der Waals surface area contributed by atoms with Gasteiger partial charge in [-0.3, -0.25) is 0 Å². The van der Waals surface area contributed by atoms with Gasteiger partial charge in [0.05, 0.1) is 10.7 Å². The van der Waals surface area contributed by atoms with Gasteiger partial charge in [-0.2, -0.15) is 0 Å². The zero-order chi connectivity index (χ0) is 29.8. The summed E-state index contributed by atoms with van der Waals surface area (Å²) in [5, 5.41) is 42.6. The third kappa shape index (κ3) is 7.74. The van der Waals surface area contributed by atoms with E-state index >= 15 is 0 Å². The second-order valence-electron chi connectivity index (χ2n) is 9.77. The molecule has 0 aliphatic heterocycles. The molecule has 0 unspecified atom stereocenters. The Morgan fingerprint density at radius 1 is 0.585 bits per heavy atom. The average molecular weight is 902 g/mol. The molecule has 0 spiro atoms. The van der Waals surface area contributed by atoms with E-state index in [2.05, 4.69) is 80.9 Å². The molecular formula is C33H29I3O4S. The molecular weight excluding hydrogens is 873 g/mol. The summed E-state index contributed by atoms with van der Waals surface area (Å²) in [6.45, 7) is 9.61. The van der Waals surface area contributed by atoms with Gasteiger partial charge in [-0.15, -0.1) is 13.2 Å². The van der Waals surface area contributed by atoms with E-state index < -0.39 is 0 Å². The zero-order valence-corrected chi connectivity index (χ0v) is 29.6. The first kappa shape index (κ1) is 32.0. The maximum Gasteiger partial charge on any atom is 0.142 e. The van der Waals surface area contributed by atoms with Crippen molar-refractivity contribution >= 4 is 79.5 Å². The van der Waals surface area contributed by atoms with Crippen LogP contribution >= 0.6 is 79.5 Å². The van der Waals surface area contributed by atoms with E-state index in [0.29, 0.717) is 25.7 Å². The molecule has 0 aliphatic rings. The summed E-state index contributed by atoms with van der Waals surface area (Å²) in [7, 11) is 0. The van der Waals surface area contributed by atoms with Gasteiger partial charge in [0, 0.05) is 22.6 Å². The van der Waals surface area contributed by atoms with E-state index in [0.717, 1.165) is 59.4 Å². The van der Waals surface area contributed by atoms with Gasteiger partial charge in [-0.1, -0.05) is 30.0 Å². The van der Waals surface area contributed by atoms with E-state index in [9.17, 15) is 20.4 Å². The van der Waals surface area contributed by atoms with Crippen molar-refractivity contribution in [2.24, 2.45) is 0 Å². The first-order valence-corrected chi connectivity index (χ1v) is 16.8. The average Bonchev–Trinajstić information content (AvgIpc) is 2.91. The predicted octanol–water partition coefficient (Wildman–Crippen LogP) is 9.42. The third-order valence-electron chi connectivity index (χ3n) is 6.63. The Morgan fingerprint density at radius 2 is 0.976 bits per heavy atom. The Balaban J connectivity index is 1.74. The van der Waals surface area contributed by atoms with Gasteiger partial charge < -0.3 is 20.4 Å². The molecule has 0 fully saturated rings. The van der Waals surface area contributed by atoms with Crippen LogP contribution in [0.25, 0.3) is 0 Å². The molecule has 0 atom stereocenters. The highest BCUT2D eigenvalue weighted by atomic mass is 127. The molecule has 0 aliphatic carbocycles. The quantitative estimate of drug-likeness (QED) is 0.0943. The van der Waals surface area contributed by atoms with E-state index in [1.165, 1.54) is 0 Å². The van der Waals surface area contributed by atoms with Crippen molar-refractivity contribution in [2.75, 3.05) is 0 Å². The number of aromatic hydroxyl groups is 4. The Kier molecular flexibility index (Phi) is 11.0. The summed E-state index contributed by atoms with van der Waals surface area (Å²) in [5.41, 5.74) is 5.98. The first-order valence-electron chi connectivity index (χ1n) is 12.7. The van der Waals surface area contributed by atoms with Crippen molar-refractivity contribution in [2.45, 2.75) is 42.4 Å². The van der Waals surface area contributed by atoms with Crippen LogP contribution in [-0.2, 0) is 25.7 Å². The Hall–Kier alpha value is -1.90. The van der Waals surface area contributed by atoms with Crippen molar-refractivity contribution in [3.05, 3.63) is 123 Å². The smallest absolute Gasteiger partial charge is 0.142 e. The molecule has 0 amide bonds. The molecule has 0 saturated heterocycles. The molecule has 8 heteroatoms. The van der Waals surface area contributed by atoms with Gasteiger partial charge in [0.15, 0.2) is 0 Å². The normalized spacial score (nSPS) is 11.0. The summed E-state index contributed by atoms with van der Waals surface area (Å²) < 4.78 is 2.31. The first-order chi connectivity index (χ1) is 19.5. The molecule has 4 N–H and O–H groups in total. The van der Waals surface area contributed by atoms with Gasteiger partial charge in [0.25, 0.3) is 0 Å². The predicted molar refractivity (Wildman–Crippen MR) is 193 cm³/mol. The molecule has 41 heavy (non-hydrogen) atoms. The summed E-state index contributed by atoms with van der Waals surface area (Å²) in [5.74, 6) is 1.06. The van der Waals surface area contributed by atoms with Crippen LogP contribution in [0.5, 0.6) is 23.0 Å². The summed E-state index contributed by atoms with van der Waals surface area (Å²) in [6, 6.07) is 15.7. The Morgan fingerprint density at radius 3 is 1.39 bits per heavy atom. The SMILES string of the molecule is C=CCc1cc(Sc2cc(CC=C)c(O)c(Cc3cc(I)c(O)c(I)c3)c2)cc(Cc2cc(C)c(O)c(I)c2)c1O. The number of phenolic OH excluding ortho intramolecular Hbond substituents is 4. The van der Waals surface area contributed by atoms with Crippen LogP contribution in [-0.4, -0.2) is 20.4 Å². The van der Waals surface area contributed by atoms with E-state index in [-0.39, 0.29) is 23.0 Å².